The van der Waals surface area contributed by atoms with Gasteiger partial charge < -0.3 is 19.8 Å². The van der Waals surface area contributed by atoms with E-state index in [1.807, 2.05) is 40.3 Å². The van der Waals surface area contributed by atoms with Gasteiger partial charge in [0.1, 0.15) is 11.6 Å². The molecule has 0 fully saturated rings. The van der Waals surface area contributed by atoms with Gasteiger partial charge in [0.25, 0.3) is 0 Å². The Morgan fingerprint density at radius 1 is 0.370 bits per heavy atom. The molecule has 7 rings (SSSR count). The van der Waals surface area contributed by atoms with E-state index in [0.29, 0.717) is 0 Å². The maximum absolute atomic E-state index is 5.14. The van der Waals surface area contributed by atoms with E-state index in [1.54, 1.807) is 0 Å². The number of rotatable bonds is 8. The summed E-state index contributed by atoms with van der Waals surface area (Å²) < 4.78 is 0. The smallest absolute Gasteiger partial charge is 0.138 e. The Bertz CT molecular complexity index is 1900. The number of hydrogen-bond donors (Lipinski definition) is 2. The number of imidazole rings is 2. The van der Waals surface area contributed by atoms with Gasteiger partial charge in [-0.25, -0.2) is 9.97 Å². The van der Waals surface area contributed by atoms with E-state index in [9.17, 15) is 0 Å². The number of aromatic nitrogens is 4. The van der Waals surface area contributed by atoms with Crippen LogP contribution in [-0.4, -0.2) is 48.1 Å². The van der Waals surface area contributed by atoms with Crippen LogP contribution in [0.15, 0.2) is 133 Å². The molecule has 0 aliphatic rings. The van der Waals surface area contributed by atoms with Crippen LogP contribution in [0.3, 0.4) is 0 Å². The Labute approximate surface area is 270 Å². The van der Waals surface area contributed by atoms with Gasteiger partial charge in [-0.15, -0.1) is 0 Å². The number of benzene rings is 5. The molecule has 5 aromatic carbocycles. The van der Waals surface area contributed by atoms with E-state index in [2.05, 4.69) is 141 Å². The summed E-state index contributed by atoms with van der Waals surface area (Å²) in [5.41, 5.74) is 12.5. The molecule has 0 aliphatic carbocycles. The highest BCUT2D eigenvalue weighted by molar-refractivity contribution is 5.85. The molecule has 2 N–H and O–H groups in total. The molecule has 0 aliphatic heterocycles. The number of nitrogens with zero attached hydrogens (tertiary/aromatic N) is 4. The van der Waals surface area contributed by atoms with Crippen molar-refractivity contribution < 1.29 is 0 Å². The fourth-order valence-corrected chi connectivity index (χ4v) is 5.69. The molecule has 2 heterocycles. The molecule has 7 aromatic rings. The van der Waals surface area contributed by atoms with E-state index >= 15 is 0 Å². The molecule has 0 spiro atoms. The second-order valence-electron chi connectivity index (χ2n) is 11.8. The van der Waals surface area contributed by atoms with E-state index in [1.165, 1.54) is 0 Å². The van der Waals surface area contributed by atoms with Crippen LogP contribution in [0.25, 0.3) is 67.8 Å². The Morgan fingerprint density at radius 2 is 0.696 bits per heavy atom. The maximum Gasteiger partial charge on any atom is 0.138 e. The molecule has 0 unspecified atom stereocenters. The van der Waals surface area contributed by atoms with Gasteiger partial charge in [0.2, 0.25) is 0 Å². The van der Waals surface area contributed by atoms with Crippen molar-refractivity contribution in [1.82, 2.24) is 19.9 Å². The number of hydrogen-bond acceptors (Lipinski definition) is 4. The zero-order valence-corrected chi connectivity index (χ0v) is 26.5. The third-order valence-electron chi connectivity index (χ3n) is 8.28. The predicted molar refractivity (Wildman–Crippen MR) is 192 cm³/mol. The van der Waals surface area contributed by atoms with Gasteiger partial charge in [0, 0.05) is 72.9 Å². The van der Waals surface area contributed by atoms with Crippen molar-refractivity contribution in [3.63, 3.8) is 0 Å². The summed E-state index contributed by atoms with van der Waals surface area (Å²) in [6.07, 6.45) is 0. The van der Waals surface area contributed by atoms with Gasteiger partial charge in [-0.2, -0.15) is 0 Å². The summed E-state index contributed by atoms with van der Waals surface area (Å²) >= 11 is 0. The molecule has 2 aromatic heterocycles. The van der Waals surface area contributed by atoms with Crippen LogP contribution in [0.4, 0.5) is 11.4 Å². The minimum Gasteiger partial charge on any atom is -0.378 e. The van der Waals surface area contributed by atoms with Gasteiger partial charge in [0.05, 0.1) is 22.8 Å². The molecular formula is C40H36N6. The molecule has 0 radical (unpaired) electrons. The Hall–Kier alpha value is -5.88. The first-order chi connectivity index (χ1) is 22.4. The van der Waals surface area contributed by atoms with E-state index in [-0.39, 0.29) is 0 Å². The van der Waals surface area contributed by atoms with Crippen molar-refractivity contribution in [3.8, 4) is 67.8 Å². The second kappa shape index (κ2) is 12.3. The standard InChI is InChI=1S/C40H36N6/c1-45(2)33-23-19-31(20-24-33)39-41-35(27-11-7-5-8-12-27)37(43-39)29-15-17-30(18-16-29)38-36(28-13-9-6-10-14-28)42-40(44-38)32-21-25-34(26-22-32)46(3)4/h5-26H,1-4H3,(H,41,43)(H,42,44). The molecule has 0 amide bonds. The molecule has 6 heteroatoms. The molecule has 0 atom stereocenters. The van der Waals surface area contributed by atoms with Crippen molar-refractivity contribution in [1.29, 1.82) is 0 Å². The highest BCUT2D eigenvalue weighted by Crippen LogP contribution is 2.37. The Kier molecular flexibility index (Phi) is 7.69. The highest BCUT2D eigenvalue weighted by Gasteiger charge is 2.18. The average molecular weight is 601 g/mol. The average Bonchev–Trinajstić information content (AvgIpc) is 3.76. The summed E-state index contributed by atoms with van der Waals surface area (Å²) in [6, 6.07) is 46.3. The number of aromatic amines is 2. The quantitative estimate of drug-likeness (QED) is 0.182. The summed E-state index contributed by atoms with van der Waals surface area (Å²) in [6.45, 7) is 0. The fourth-order valence-electron chi connectivity index (χ4n) is 5.69. The lowest BCUT2D eigenvalue weighted by atomic mass is 10.0. The van der Waals surface area contributed by atoms with Crippen LogP contribution >= 0.6 is 0 Å². The lowest BCUT2D eigenvalue weighted by molar-refractivity contribution is 1.13. The molecule has 0 saturated heterocycles. The third-order valence-corrected chi connectivity index (χ3v) is 8.28. The van der Waals surface area contributed by atoms with Crippen molar-refractivity contribution in [3.05, 3.63) is 133 Å². The van der Waals surface area contributed by atoms with Crippen LogP contribution in [-0.2, 0) is 0 Å². The lowest BCUT2D eigenvalue weighted by Crippen LogP contribution is -2.07. The van der Waals surface area contributed by atoms with Crippen LogP contribution in [0.1, 0.15) is 0 Å². The summed E-state index contributed by atoms with van der Waals surface area (Å²) in [5.74, 6) is 1.68. The van der Waals surface area contributed by atoms with E-state index in [4.69, 9.17) is 9.97 Å². The number of anilines is 2. The lowest BCUT2D eigenvalue weighted by Gasteiger charge is -2.12. The van der Waals surface area contributed by atoms with Crippen molar-refractivity contribution in [2.24, 2.45) is 0 Å². The first-order valence-electron chi connectivity index (χ1n) is 15.4. The van der Waals surface area contributed by atoms with Gasteiger partial charge in [-0.1, -0.05) is 84.9 Å². The molecule has 0 bridgehead atoms. The SMILES string of the molecule is CN(C)c1ccc(-c2nc(-c3ccc(-c4[nH]c(-c5ccc(N(C)C)cc5)nc4-c4ccccc4)cc3)c(-c3ccccc3)[nH]2)cc1. The number of nitrogens with one attached hydrogen (secondary N) is 2. The Morgan fingerprint density at radius 3 is 1.11 bits per heavy atom. The normalized spacial score (nSPS) is 11.0. The zero-order chi connectivity index (χ0) is 31.6. The zero-order valence-electron chi connectivity index (χ0n) is 26.5. The van der Waals surface area contributed by atoms with Crippen LogP contribution in [0.2, 0.25) is 0 Å². The van der Waals surface area contributed by atoms with Gasteiger partial charge in [-0.3, -0.25) is 0 Å². The summed E-state index contributed by atoms with van der Waals surface area (Å²) in [7, 11) is 8.19. The predicted octanol–water partition coefficient (Wildman–Crippen LogP) is 9.27. The van der Waals surface area contributed by atoms with Crippen LogP contribution < -0.4 is 9.80 Å². The minimum atomic E-state index is 0.840. The van der Waals surface area contributed by atoms with Crippen LogP contribution in [0.5, 0.6) is 0 Å². The number of H-pyrrole nitrogens is 2. The first kappa shape index (κ1) is 28.9. The summed E-state index contributed by atoms with van der Waals surface area (Å²) in [4.78, 5) is 21.7. The minimum absolute atomic E-state index is 0.840. The van der Waals surface area contributed by atoms with Crippen LogP contribution in [0, 0.1) is 0 Å². The highest BCUT2D eigenvalue weighted by atomic mass is 15.1. The molecule has 226 valence electrons. The van der Waals surface area contributed by atoms with Crippen molar-refractivity contribution in [2.75, 3.05) is 38.0 Å². The van der Waals surface area contributed by atoms with Gasteiger partial charge in [-0.05, 0) is 48.5 Å². The van der Waals surface area contributed by atoms with Gasteiger partial charge >= 0.3 is 0 Å². The third kappa shape index (κ3) is 5.69. The first-order valence-corrected chi connectivity index (χ1v) is 15.4. The monoisotopic (exact) mass is 600 g/mol. The second-order valence-corrected chi connectivity index (χ2v) is 11.8. The van der Waals surface area contributed by atoms with E-state index < -0.39 is 0 Å². The molecule has 46 heavy (non-hydrogen) atoms. The summed E-state index contributed by atoms with van der Waals surface area (Å²) in [5, 5.41) is 0. The van der Waals surface area contributed by atoms with Gasteiger partial charge in [0.15, 0.2) is 0 Å². The fraction of sp³-hybridized carbons (Fsp3) is 0.100. The van der Waals surface area contributed by atoms with Crippen molar-refractivity contribution >= 4 is 11.4 Å². The Balaban J connectivity index is 1.29. The molecule has 0 saturated carbocycles. The molecular weight excluding hydrogens is 564 g/mol. The topological polar surface area (TPSA) is 63.8 Å². The maximum atomic E-state index is 5.14. The van der Waals surface area contributed by atoms with E-state index in [0.717, 1.165) is 79.2 Å². The van der Waals surface area contributed by atoms with Crippen molar-refractivity contribution in [2.45, 2.75) is 0 Å². The largest absolute Gasteiger partial charge is 0.378 e. The molecule has 6 nitrogen and oxygen atoms in total.